The van der Waals surface area contributed by atoms with E-state index in [9.17, 15) is 18.0 Å². The van der Waals surface area contributed by atoms with Crippen LogP contribution < -0.4 is 5.32 Å². The minimum absolute atomic E-state index is 0.0814. The Hall–Kier alpha value is -2.75. The van der Waals surface area contributed by atoms with E-state index in [1.165, 1.54) is 16.4 Å². The van der Waals surface area contributed by atoms with E-state index >= 15 is 0 Å². The van der Waals surface area contributed by atoms with Gasteiger partial charge in [0.05, 0.1) is 17.5 Å². The summed E-state index contributed by atoms with van der Waals surface area (Å²) in [5.74, 6) is -0.140. The van der Waals surface area contributed by atoms with E-state index in [0.717, 1.165) is 37.1 Å². The van der Waals surface area contributed by atoms with Crippen LogP contribution in [-0.4, -0.2) is 73.1 Å². The molecule has 0 aliphatic carbocycles. The zero-order chi connectivity index (χ0) is 25.0. The van der Waals surface area contributed by atoms with Crippen LogP contribution in [0.1, 0.15) is 37.8 Å². The maximum absolute atomic E-state index is 13.3. The van der Waals surface area contributed by atoms with Crippen LogP contribution in [0, 0.1) is 0 Å². The predicted molar refractivity (Wildman–Crippen MR) is 135 cm³/mol. The summed E-state index contributed by atoms with van der Waals surface area (Å²) in [5.41, 5.74) is 2.82. The Morgan fingerprint density at radius 1 is 0.971 bits per heavy atom. The molecule has 2 heterocycles. The van der Waals surface area contributed by atoms with Gasteiger partial charge in [-0.1, -0.05) is 38.1 Å². The van der Waals surface area contributed by atoms with E-state index in [2.05, 4.69) is 11.4 Å². The molecule has 1 atom stereocenters. The number of nitrogens with one attached hydrogen (secondary N) is 1. The first-order valence-electron chi connectivity index (χ1n) is 12.3. The third kappa shape index (κ3) is 5.58. The first kappa shape index (κ1) is 25.3. The summed E-state index contributed by atoms with van der Waals surface area (Å²) < 4.78 is 26.8. The second-order valence-corrected chi connectivity index (χ2v) is 11.0. The Morgan fingerprint density at radius 2 is 1.60 bits per heavy atom. The fourth-order valence-corrected chi connectivity index (χ4v) is 6.40. The number of anilines is 1. The molecule has 0 aromatic heterocycles. The van der Waals surface area contributed by atoms with Gasteiger partial charge in [0.25, 0.3) is 0 Å². The third-order valence-corrected chi connectivity index (χ3v) is 8.94. The first-order valence-corrected chi connectivity index (χ1v) is 13.8. The number of benzene rings is 2. The molecular weight excluding hydrogens is 464 g/mol. The number of nitrogens with zero attached hydrogens (tertiary/aromatic N) is 3. The van der Waals surface area contributed by atoms with Crippen molar-refractivity contribution in [1.29, 1.82) is 0 Å². The molecule has 1 N–H and O–H groups in total. The number of hydrogen-bond donors (Lipinski definition) is 1. The van der Waals surface area contributed by atoms with Crippen molar-refractivity contribution in [2.75, 3.05) is 38.0 Å². The van der Waals surface area contributed by atoms with Crippen molar-refractivity contribution in [2.24, 2.45) is 0 Å². The third-order valence-electron chi connectivity index (χ3n) is 6.88. The Morgan fingerprint density at radius 3 is 2.23 bits per heavy atom. The average Bonchev–Trinajstić information content (AvgIpc) is 3.39. The summed E-state index contributed by atoms with van der Waals surface area (Å²) in [6, 6.07) is 13.9. The topological polar surface area (TPSA) is 90.0 Å². The highest BCUT2D eigenvalue weighted by Crippen LogP contribution is 2.26. The average molecular weight is 499 g/mol. The number of sulfonamides is 1. The quantitative estimate of drug-likeness (QED) is 0.605. The zero-order valence-corrected chi connectivity index (χ0v) is 21.3. The molecule has 2 aromatic rings. The molecule has 188 valence electrons. The molecule has 0 spiro atoms. The molecule has 4 rings (SSSR count). The molecule has 9 heteroatoms. The number of rotatable bonds is 8. The van der Waals surface area contributed by atoms with Crippen molar-refractivity contribution < 1.29 is 18.0 Å². The van der Waals surface area contributed by atoms with Gasteiger partial charge in [0, 0.05) is 38.4 Å². The van der Waals surface area contributed by atoms with Gasteiger partial charge in [0.2, 0.25) is 21.8 Å². The normalized spacial score (nSPS) is 18.5. The summed E-state index contributed by atoms with van der Waals surface area (Å²) >= 11 is 0. The maximum Gasteiger partial charge on any atom is 0.243 e. The molecule has 1 unspecified atom stereocenters. The second kappa shape index (κ2) is 10.9. The fraction of sp³-hybridized carbons (Fsp3) is 0.462. The minimum atomic E-state index is -3.55. The smallest absolute Gasteiger partial charge is 0.243 e. The van der Waals surface area contributed by atoms with Crippen LogP contribution in [0.5, 0.6) is 0 Å². The van der Waals surface area contributed by atoms with Gasteiger partial charge in [-0.3, -0.25) is 14.5 Å². The van der Waals surface area contributed by atoms with Gasteiger partial charge in [-0.05, 0) is 54.7 Å². The largest absolute Gasteiger partial charge is 0.341 e. The Balaban J connectivity index is 1.46. The SMILES string of the molecule is CCN(CC)S(=O)(=O)c1ccc(NC(=O)CN2Cc3ccccc3CC2C(=O)N2CCCC2)cc1. The van der Waals surface area contributed by atoms with E-state index in [1.54, 1.807) is 26.0 Å². The van der Waals surface area contributed by atoms with E-state index in [4.69, 9.17) is 0 Å². The van der Waals surface area contributed by atoms with Gasteiger partial charge >= 0.3 is 0 Å². The van der Waals surface area contributed by atoms with Crippen molar-refractivity contribution in [2.45, 2.75) is 50.6 Å². The van der Waals surface area contributed by atoms with Crippen LogP contribution in [0.15, 0.2) is 53.4 Å². The summed E-state index contributed by atoms with van der Waals surface area (Å²) in [7, 11) is -3.55. The fourth-order valence-electron chi connectivity index (χ4n) is 4.94. The van der Waals surface area contributed by atoms with Gasteiger partial charge < -0.3 is 10.2 Å². The van der Waals surface area contributed by atoms with Crippen molar-refractivity contribution >= 4 is 27.5 Å². The van der Waals surface area contributed by atoms with Crippen LogP contribution in [0.2, 0.25) is 0 Å². The molecule has 2 amide bonds. The molecule has 1 fully saturated rings. The number of hydrogen-bond acceptors (Lipinski definition) is 5. The van der Waals surface area contributed by atoms with Crippen molar-refractivity contribution in [3.05, 3.63) is 59.7 Å². The molecule has 8 nitrogen and oxygen atoms in total. The number of fused-ring (bicyclic) bond motifs is 1. The molecule has 0 saturated carbocycles. The Kier molecular flexibility index (Phi) is 7.88. The van der Waals surface area contributed by atoms with Crippen LogP contribution in [0.4, 0.5) is 5.69 Å². The lowest BCUT2D eigenvalue weighted by Crippen LogP contribution is -2.52. The summed E-state index contributed by atoms with van der Waals surface area (Å²) in [6.07, 6.45) is 2.64. The number of carbonyl (C=O) groups excluding carboxylic acids is 2. The van der Waals surface area contributed by atoms with Crippen molar-refractivity contribution in [3.8, 4) is 0 Å². The number of likely N-dealkylation sites (tertiary alicyclic amines) is 1. The molecule has 35 heavy (non-hydrogen) atoms. The molecule has 0 radical (unpaired) electrons. The summed E-state index contributed by atoms with van der Waals surface area (Å²) in [6.45, 7) is 6.57. The van der Waals surface area contributed by atoms with E-state index < -0.39 is 10.0 Å². The Bertz CT molecular complexity index is 1160. The van der Waals surface area contributed by atoms with E-state index in [-0.39, 0.29) is 29.3 Å². The standard InChI is InChI=1S/C26H34N4O4S/c1-3-30(4-2)35(33,34)23-13-11-22(12-14-23)27-25(31)19-29-18-21-10-6-5-9-20(21)17-24(29)26(32)28-15-7-8-16-28/h5-6,9-14,24H,3-4,7-8,15-19H2,1-2H3,(H,27,31). The van der Waals surface area contributed by atoms with Gasteiger partial charge in [-0.25, -0.2) is 8.42 Å². The van der Waals surface area contributed by atoms with Gasteiger partial charge in [-0.2, -0.15) is 4.31 Å². The van der Waals surface area contributed by atoms with Gasteiger partial charge in [-0.15, -0.1) is 0 Å². The predicted octanol–water partition coefficient (Wildman–Crippen LogP) is 2.70. The monoisotopic (exact) mass is 498 g/mol. The highest BCUT2D eigenvalue weighted by molar-refractivity contribution is 7.89. The summed E-state index contributed by atoms with van der Waals surface area (Å²) in [4.78, 5) is 30.3. The van der Waals surface area contributed by atoms with Crippen LogP contribution in [0.3, 0.4) is 0 Å². The number of carbonyl (C=O) groups is 2. The molecule has 2 aliphatic rings. The highest BCUT2D eigenvalue weighted by atomic mass is 32.2. The number of amides is 2. The minimum Gasteiger partial charge on any atom is -0.341 e. The molecular formula is C26H34N4O4S. The second-order valence-electron chi connectivity index (χ2n) is 9.09. The zero-order valence-electron chi connectivity index (χ0n) is 20.4. The first-order chi connectivity index (χ1) is 16.8. The highest BCUT2D eigenvalue weighted by Gasteiger charge is 2.35. The lowest BCUT2D eigenvalue weighted by atomic mass is 9.93. The van der Waals surface area contributed by atoms with E-state index in [0.29, 0.717) is 31.7 Å². The van der Waals surface area contributed by atoms with Crippen LogP contribution in [-0.2, 0) is 32.6 Å². The van der Waals surface area contributed by atoms with E-state index in [1.807, 2.05) is 28.0 Å². The molecule has 2 aromatic carbocycles. The molecule has 1 saturated heterocycles. The lowest BCUT2D eigenvalue weighted by Gasteiger charge is -2.37. The van der Waals surface area contributed by atoms with Crippen molar-refractivity contribution in [3.63, 3.8) is 0 Å². The van der Waals surface area contributed by atoms with Crippen molar-refractivity contribution in [1.82, 2.24) is 14.1 Å². The van der Waals surface area contributed by atoms with Gasteiger partial charge in [0.15, 0.2) is 0 Å². The Labute approximate surface area is 207 Å². The van der Waals surface area contributed by atoms with Crippen LogP contribution in [0.25, 0.3) is 0 Å². The molecule has 2 aliphatic heterocycles. The van der Waals surface area contributed by atoms with Crippen LogP contribution >= 0.6 is 0 Å². The summed E-state index contributed by atoms with van der Waals surface area (Å²) in [5, 5.41) is 2.86. The molecule has 0 bridgehead atoms. The lowest BCUT2D eigenvalue weighted by molar-refractivity contribution is -0.137. The maximum atomic E-state index is 13.3. The van der Waals surface area contributed by atoms with Gasteiger partial charge in [0.1, 0.15) is 0 Å².